The lowest BCUT2D eigenvalue weighted by Crippen LogP contribution is -2.15. The topological polar surface area (TPSA) is 448 Å². The Hall–Kier alpha value is -8.60. The van der Waals surface area contributed by atoms with Gasteiger partial charge in [-0.1, -0.05) is 0 Å². The number of nitrogen functional groups attached to an aromatic ring is 2. The number of aromatic nitrogens is 4. The van der Waals surface area contributed by atoms with Crippen molar-refractivity contribution in [2.45, 2.75) is 0 Å². The maximum atomic E-state index is 11.1. The lowest BCUT2D eigenvalue weighted by molar-refractivity contribution is -0.420. The van der Waals surface area contributed by atoms with E-state index in [0.717, 1.165) is 0 Å². The largest absolute Gasteiger partial charge is 0.863 e. The average molecular weight is 769 g/mol. The van der Waals surface area contributed by atoms with Gasteiger partial charge in [0.15, 0.2) is 0 Å². The molecular weight excluding hydrogens is 744 g/mol. The quantitative estimate of drug-likeness (QED) is 0.158. The molecule has 0 aliphatic heterocycles. The van der Waals surface area contributed by atoms with Crippen LogP contribution < -0.4 is 50.6 Å². The van der Waals surface area contributed by atoms with Crippen LogP contribution in [0, 0.1) is 60.7 Å². The molecule has 30 nitrogen and oxygen atoms in total. The smallest absolute Gasteiger partial charge is 0.393 e. The van der Waals surface area contributed by atoms with Crippen molar-refractivity contribution in [3.63, 3.8) is 0 Å². The third-order valence-electron chi connectivity index (χ3n) is 5.61. The van der Waals surface area contributed by atoms with E-state index in [0.29, 0.717) is 47.8 Å². The van der Waals surface area contributed by atoms with Gasteiger partial charge in [-0.05, 0) is 9.97 Å². The number of nitrogens with one attached hydrogen (secondary N) is 2. The van der Waals surface area contributed by atoms with Crippen LogP contribution in [0.5, 0.6) is 35.0 Å². The van der Waals surface area contributed by atoms with E-state index in [1.807, 2.05) is 0 Å². The SMILES string of the molecule is COc1cc(OC)[nH+]c(N)n1.COc1cc(OC)[nH+]c(N)n1.O=[N+]([O-])c1cc([N+](=O)[O-])c([O-])c([N+](=O)[O-])c1.O=[N+]([O-])c1cc([N+](=O)[O-])c([O-])c([N+](=O)[O-])c1. The number of hydrogen-bond donors (Lipinski definition) is 2. The molecule has 0 aliphatic rings. The summed E-state index contributed by atoms with van der Waals surface area (Å²) < 4.78 is 19.5. The first kappa shape index (κ1) is 43.4. The summed E-state index contributed by atoms with van der Waals surface area (Å²) in [7, 11) is 6.10. The van der Waals surface area contributed by atoms with Crippen LogP contribution >= 0.6 is 0 Å². The molecule has 0 aliphatic carbocycles. The number of nitro benzene ring substituents is 6. The predicted molar refractivity (Wildman–Crippen MR) is 168 cm³/mol. The normalized spacial score (nSPS) is 9.56. The minimum absolute atomic E-state index is 0.265. The molecule has 0 bridgehead atoms. The second-order valence-electron chi connectivity index (χ2n) is 8.92. The summed E-state index contributed by atoms with van der Waals surface area (Å²) in [6.45, 7) is 0. The van der Waals surface area contributed by atoms with E-state index in [1.165, 1.54) is 28.4 Å². The molecule has 0 unspecified atom stereocenters. The number of H-pyrrole nitrogens is 2. The molecule has 0 amide bonds. The first-order valence-electron chi connectivity index (χ1n) is 13.3. The number of benzene rings is 2. The van der Waals surface area contributed by atoms with Crippen molar-refractivity contribution in [3.8, 4) is 35.0 Å². The molecular formula is C24H24N12O18. The number of nitrogens with zero attached hydrogens (tertiary/aromatic N) is 8. The van der Waals surface area contributed by atoms with Crippen LogP contribution in [0.25, 0.3) is 0 Å². The molecule has 2 aromatic heterocycles. The number of nitrogens with two attached hydrogens (primary N) is 2. The van der Waals surface area contributed by atoms with E-state index < -0.39 is 75.2 Å². The molecule has 30 heteroatoms. The second-order valence-corrected chi connectivity index (χ2v) is 8.92. The predicted octanol–water partition coefficient (Wildman–Crippen LogP) is -0.0402. The Labute approximate surface area is 297 Å². The van der Waals surface area contributed by atoms with Crippen molar-refractivity contribution >= 4 is 46.0 Å². The number of aromatic amines is 2. The van der Waals surface area contributed by atoms with Crippen LogP contribution in [-0.2, 0) is 0 Å². The Balaban J connectivity index is 0.000000366. The van der Waals surface area contributed by atoms with Crippen LogP contribution in [0.1, 0.15) is 0 Å². The minimum atomic E-state index is -1.46. The van der Waals surface area contributed by atoms with Crippen LogP contribution in [0.3, 0.4) is 0 Å². The second kappa shape index (κ2) is 19.6. The highest BCUT2D eigenvalue weighted by Crippen LogP contribution is 2.38. The molecule has 2 heterocycles. The maximum Gasteiger partial charge on any atom is 0.393 e. The highest BCUT2D eigenvalue weighted by molar-refractivity contribution is 5.64. The summed E-state index contributed by atoms with van der Waals surface area (Å²) in [5, 5.41) is 84.2. The van der Waals surface area contributed by atoms with Crippen molar-refractivity contribution in [1.29, 1.82) is 0 Å². The third kappa shape index (κ3) is 12.4. The molecule has 4 rings (SSSR count). The zero-order valence-electron chi connectivity index (χ0n) is 27.5. The van der Waals surface area contributed by atoms with E-state index >= 15 is 0 Å². The van der Waals surface area contributed by atoms with E-state index in [-0.39, 0.29) is 11.9 Å². The van der Waals surface area contributed by atoms with Gasteiger partial charge in [0.25, 0.3) is 57.6 Å². The highest BCUT2D eigenvalue weighted by Gasteiger charge is 2.25. The van der Waals surface area contributed by atoms with Crippen molar-refractivity contribution in [2.75, 3.05) is 39.9 Å². The molecule has 54 heavy (non-hydrogen) atoms. The number of nitro groups is 6. The number of anilines is 2. The fraction of sp³-hybridized carbons (Fsp3) is 0.167. The van der Waals surface area contributed by atoms with Gasteiger partial charge in [0.2, 0.25) is 0 Å². The van der Waals surface area contributed by atoms with E-state index in [4.69, 9.17) is 30.4 Å². The minimum Gasteiger partial charge on any atom is -0.863 e. The van der Waals surface area contributed by atoms with Crippen LogP contribution in [0.15, 0.2) is 36.4 Å². The maximum absolute atomic E-state index is 11.1. The Kier molecular flexibility index (Phi) is 15.7. The first-order chi connectivity index (χ1) is 25.2. The molecule has 6 N–H and O–H groups in total. The van der Waals surface area contributed by atoms with Crippen molar-refractivity contribution in [3.05, 3.63) is 97.1 Å². The standard InChI is InChI=1S/2C6H3N3O7.2C6H9N3O2/c2*10-6-4(8(13)14)1-3(7(11)12)2-5(6)9(15)16;2*1-10-4-3-5(11-2)9-6(7)8-4/h2*1-2,10H;2*3H,1-2H3,(H2,7,8,9). The highest BCUT2D eigenvalue weighted by atomic mass is 16.7. The van der Waals surface area contributed by atoms with Crippen molar-refractivity contribution in [2.24, 2.45) is 0 Å². The molecule has 0 radical (unpaired) electrons. The average Bonchev–Trinajstić information content (AvgIpc) is 3.11. The Morgan fingerprint density at radius 1 is 0.481 bits per heavy atom. The van der Waals surface area contributed by atoms with Gasteiger partial charge in [-0.15, -0.1) is 0 Å². The molecule has 2 aromatic carbocycles. The van der Waals surface area contributed by atoms with Gasteiger partial charge in [-0.3, -0.25) is 72.2 Å². The monoisotopic (exact) mass is 768 g/mol. The summed E-state index contributed by atoms with van der Waals surface area (Å²) in [5.41, 5.74) is 4.24. The fourth-order valence-corrected chi connectivity index (χ4v) is 3.26. The lowest BCUT2D eigenvalue weighted by Gasteiger charge is -2.06. The summed E-state index contributed by atoms with van der Waals surface area (Å²) in [5.74, 6) is -0.483. The van der Waals surface area contributed by atoms with E-state index in [1.54, 1.807) is 12.1 Å². The zero-order chi connectivity index (χ0) is 41.4. The Morgan fingerprint density at radius 2 is 0.741 bits per heavy atom. The summed E-state index contributed by atoms with van der Waals surface area (Å²) >= 11 is 0. The molecule has 4 aromatic rings. The van der Waals surface area contributed by atoms with Gasteiger partial charge in [-0.25, -0.2) is 9.97 Å². The molecule has 0 saturated heterocycles. The summed E-state index contributed by atoms with van der Waals surface area (Å²) in [6.07, 6.45) is 0. The van der Waals surface area contributed by atoms with Gasteiger partial charge in [0.1, 0.15) is 0 Å². The molecule has 0 atom stereocenters. The number of methoxy groups -OCH3 is 4. The molecule has 0 fully saturated rings. The number of hydrogen-bond acceptors (Lipinski definition) is 22. The molecule has 288 valence electrons. The zero-order valence-corrected chi connectivity index (χ0v) is 27.5. The number of non-ortho nitro benzene ring substituents is 2. The summed E-state index contributed by atoms with van der Waals surface area (Å²) in [4.78, 5) is 68.1. The van der Waals surface area contributed by atoms with Crippen molar-refractivity contribution in [1.82, 2.24) is 9.97 Å². The number of rotatable bonds is 10. The van der Waals surface area contributed by atoms with Gasteiger partial charge >= 0.3 is 11.9 Å². The fourth-order valence-electron chi connectivity index (χ4n) is 3.26. The van der Waals surface area contributed by atoms with Crippen molar-refractivity contribution < 1.29 is 68.7 Å². The van der Waals surface area contributed by atoms with Gasteiger partial charge in [0.05, 0.1) is 106 Å². The van der Waals surface area contributed by atoms with E-state index in [9.17, 15) is 70.9 Å². The lowest BCUT2D eigenvalue weighted by atomic mass is 10.2. The van der Waals surface area contributed by atoms with Crippen LogP contribution in [0.2, 0.25) is 0 Å². The Morgan fingerprint density at radius 3 is 0.926 bits per heavy atom. The van der Waals surface area contributed by atoms with Crippen LogP contribution in [0.4, 0.5) is 46.0 Å². The first-order valence-corrected chi connectivity index (χ1v) is 13.3. The van der Waals surface area contributed by atoms with Gasteiger partial charge in [0, 0.05) is 0 Å². The Bertz CT molecular complexity index is 1810. The van der Waals surface area contributed by atoms with Gasteiger partial charge in [-0.2, -0.15) is 0 Å². The van der Waals surface area contributed by atoms with E-state index in [2.05, 4.69) is 19.9 Å². The number of ether oxygens (including phenoxy) is 4. The van der Waals surface area contributed by atoms with Crippen LogP contribution in [-0.4, -0.2) is 67.9 Å². The summed E-state index contributed by atoms with van der Waals surface area (Å²) in [6, 6.07) is 4.75. The third-order valence-corrected chi connectivity index (χ3v) is 5.61. The van der Waals surface area contributed by atoms with Gasteiger partial charge < -0.3 is 29.2 Å². The molecule has 0 spiro atoms. The molecule has 0 saturated carbocycles.